The maximum absolute atomic E-state index is 12.2. The highest BCUT2D eigenvalue weighted by Crippen LogP contribution is 2.30. The SMILES string of the molecule is COc1ccccc1-c1nnc(SCC(=O)NC(C)c2cccs2)n1C. The van der Waals surface area contributed by atoms with E-state index in [0.717, 1.165) is 16.2 Å². The van der Waals surface area contributed by atoms with Crippen LogP contribution in [0.2, 0.25) is 0 Å². The summed E-state index contributed by atoms with van der Waals surface area (Å²) in [7, 11) is 3.51. The predicted octanol–water partition coefficient (Wildman–Crippen LogP) is 3.52. The summed E-state index contributed by atoms with van der Waals surface area (Å²) >= 11 is 3.00. The Morgan fingerprint density at radius 2 is 2.12 bits per heavy atom. The molecule has 0 radical (unpaired) electrons. The maximum atomic E-state index is 12.2. The topological polar surface area (TPSA) is 69.0 Å². The Kier molecular flexibility index (Phi) is 5.95. The highest BCUT2D eigenvalue weighted by atomic mass is 32.2. The molecule has 6 nitrogen and oxygen atoms in total. The fourth-order valence-electron chi connectivity index (χ4n) is 2.53. The third-order valence-electron chi connectivity index (χ3n) is 3.86. The first-order chi connectivity index (χ1) is 12.6. The minimum Gasteiger partial charge on any atom is -0.496 e. The normalized spacial score (nSPS) is 12.0. The van der Waals surface area contributed by atoms with Gasteiger partial charge in [0.1, 0.15) is 5.75 Å². The summed E-state index contributed by atoms with van der Waals surface area (Å²) in [5.74, 6) is 1.70. The number of hydrogen-bond donors (Lipinski definition) is 1. The van der Waals surface area contributed by atoms with Crippen molar-refractivity contribution >= 4 is 29.0 Å². The summed E-state index contributed by atoms with van der Waals surface area (Å²) in [6.07, 6.45) is 0. The van der Waals surface area contributed by atoms with Crippen LogP contribution in [0.1, 0.15) is 17.8 Å². The van der Waals surface area contributed by atoms with Crippen molar-refractivity contribution in [3.05, 3.63) is 46.7 Å². The summed E-state index contributed by atoms with van der Waals surface area (Å²) in [5.41, 5.74) is 0.868. The van der Waals surface area contributed by atoms with Crippen LogP contribution in [0, 0.1) is 0 Å². The van der Waals surface area contributed by atoms with Crippen molar-refractivity contribution in [1.82, 2.24) is 20.1 Å². The zero-order valence-corrected chi connectivity index (χ0v) is 16.4. The Labute approximate surface area is 160 Å². The number of aromatic nitrogens is 3. The number of ether oxygens (including phenoxy) is 1. The molecule has 26 heavy (non-hydrogen) atoms. The lowest BCUT2D eigenvalue weighted by atomic mass is 10.2. The minimum absolute atomic E-state index is 0.00624. The predicted molar refractivity (Wildman–Crippen MR) is 105 cm³/mol. The summed E-state index contributed by atoms with van der Waals surface area (Å²) in [6.45, 7) is 1.98. The molecule has 0 spiro atoms. The standard InChI is InChI=1S/C18H20N4O2S2/c1-12(15-9-6-10-25-15)19-16(23)11-26-18-21-20-17(22(18)2)13-7-4-5-8-14(13)24-3/h4-10,12H,11H2,1-3H3,(H,19,23). The van der Waals surface area contributed by atoms with Crippen LogP contribution in [-0.4, -0.2) is 33.5 Å². The van der Waals surface area contributed by atoms with E-state index >= 15 is 0 Å². The summed E-state index contributed by atoms with van der Waals surface area (Å²) in [6, 6.07) is 11.7. The molecule has 1 N–H and O–H groups in total. The van der Waals surface area contributed by atoms with E-state index in [9.17, 15) is 4.79 Å². The monoisotopic (exact) mass is 388 g/mol. The van der Waals surface area contributed by atoms with Gasteiger partial charge in [0, 0.05) is 11.9 Å². The molecule has 1 atom stereocenters. The lowest BCUT2D eigenvalue weighted by Gasteiger charge is -2.12. The number of carbonyl (C=O) groups excluding carboxylic acids is 1. The molecule has 0 aliphatic heterocycles. The molecular formula is C18H20N4O2S2. The summed E-state index contributed by atoms with van der Waals surface area (Å²) in [4.78, 5) is 13.3. The van der Waals surface area contributed by atoms with Gasteiger partial charge < -0.3 is 14.6 Å². The molecule has 1 amide bonds. The zero-order chi connectivity index (χ0) is 18.5. The van der Waals surface area contributed by atoms with Crippen molar-refractivity contribution in [2.45, 2.75) is 18.1 Å². The van der Waals surface area contributed by atoms with Crippen LogP contribution >= 0.6 is 23.1 Å². The number of thiophene rings is 1. The molecule has 2 aromatic heterocycles. The maximum Gasteiger partial charge on any atom is 0.230 e. The molecule has 0 saturated heterocycles. The number of rotatable bonds is 7. The average molecular weight is 389 g/mol. The van der Waals surface area contributed by atoms with Gasteiger partial charge in [0.2, 0.25) is 5.91 Å². The Balaban J connectivity index is 1.64. The number of hydrogen-bond acceptors (Lipinski definition) is 6. The smallest absolute Gasteiger partial charge is 0.230 e. The van der Waals surface area contributed by atoms with E-state index in [1.54, 1.807) is 18.4 Å². The molecule has 0 fully saturated rings. The van der Waals surface area contributed by atoms with E-state index in [0.29, 0.717) is 11.0 Å². The molecular weight excluding hydrogens is 368 g/mol. The van der Waals surface area contributed by atoms with Gasteiger partial charge in [-0.05, 0) is 30.5 Å². The van der Waals surface area contributed by atoms with Crippen molar-refractivity contribution in [3.8, 4) is 17.1 Å². The molecule has 136 valence electrons. The third kappa shape index (κ3) is 4.08. The zero-order valence-electron chi connectivity index (χ0n) is 14.8. The minimum atomic E-state index is -0.0299. The Morgan fingerprint density at radius 3 is 2.85 bits per heavy atom. The highest BCUT2D eigenvalue weighted by Gasteiger charge is 2.16. The van der Waals surface area contributed by atoms with Gasteiger partial charge in [0.15, 0.2) is 11.0 Å². The molecule has 1 unspecified atom stereocenters. The van der Waals surface area contributed by atoms with Gasteiger partial charge >= 0.3 is 0 Å². The molecule has 0 aliphatic rings. The van der Waals surface area contributed by atoms with Crippen LogP contribution < -0.4 is 10.1 Å². The first-order valence-electron chi connectivity index (χ1n) is 8.08. The first kappa shape index (κ1) is 18.5. The van der Waals surface area contributed by atoms with Crippen LogP contribution in [-0.2, 0) is 11.8 Å². The fourth-order valence-corrected chi connectivity index (χ4v) is 3.98. The summed E-state index contributed by atoms with van der Waals surface area (Å²) < 4.78 is 7.26. The second kappa shape index (κ2) is 8.37. The summed E-state index contributed by atoms with van der Waals surface area (Å²) in [5, 5.41) is 14.2. The Hall–Kier alpha value is -2.32. The number of carbonyl (C=O) groups is 1. The van der Waals surface area contributed by atoms with Crippen molar-refractivity contribution in [2.24, 2.45) is 7.05 Å². The molecule has 3 aromatic rings. The molecule has 0 bridgehead atoms. The molecule has 1 aromatic carbocycles. The molecule has 3 rings (SSSR count). The van der Waals surface area contributed by atoms with E-state index in [1.807, 2.05) is 60.3 Å². The van der Waals surface area contributed by atoms with E-state index < -0.39 is 0 Å². The van der Waals surface area contributed by atoms with Gasteiger partial charge in [-0.15, -0.1) is 21.5 Å². The van der Waals surface area contributed by atoms with Gasteiger partial charge in [0.25, 0.3) is 0 Å². The lowest BCUT2D eigenvalue weighted by molar-refractivity contribution is -0.119. The van der Waals surface area contributed by atoms with Crippen molar-refractivity contribution in [2.75, 3.05) is 12.9 Å². The van der Waals surface area contributed by atoms with Crippen molar-refractivity contribution < 1.29 is 9.53 Å². The third-order valence-corrected chi connectivity index (χ3v) is 5.94. The van der Waals surface area contributed by atoms with Crippen LogP contribution in [0.3, 0.4) is 0 Å². The van der Waals surface area contributed by atoms with Gasteiger partial charge in [-0.25, -0.2) is 0 Å². The van der Waals surface area contributed by atoms with E-state index in [-0.39, 0.29) is 17.7 Å². The number of methoxy groups -OCH3 is 1. The van der Waals surface area contributed by atoms with Gasteiger partial charge in [-0.2, -0.15) is 0 Å². The number of nitrogens with zero attached hydrogens (tertiary/aromatic N) is 3. The van der Waals surface area contributed by atoms with Crippen LogP contribution in [0.5, 0.6) is 5.75 Å². The number of benzene rings is 1. The number of amides is 1. The molecule has 0 saturated carbocycles. The second-order valence-electron chi connectivity index (χ2n) is 5.66. The van der Waals surface area contributed by atoms with Gasteiger partial charge in [-0.3, -0.25) is 4.79 Å². The van der Waals surface area contributed by atoms with E-state index in [1.165, 1.54) is 11.8 Å². The molecule has 0 aliphatic carbocycles. The largest absolute Gasteiger partial charge is 0.496 e. The van der Waals surface area contributed by atoms with Crippen molar-refractivity contribution in [3.63, 3.8) is 0 Å². The van der Waals surface area contributed by atoms with Gasteiger partial charge in [-0.1, -0.05) is 30.0 Å². The lowest BCUT2D eigenvalue weighted by Crippen LogP contribution is -2.27. The molecule has 8 heteroatoms. The second-order valence-corrected chi connectivity index (χ2v) is 7.58. The van der Waals surface area contributed by atoms with E-state index in [4.69, 9.17) is 4.74 Å². The number of thioether (sulfide) groups is 1. The molecule has 2 heterocycles. The van der Waals surface area contributed by atoms with Crippen LogP contribution in [0.15, 0.2) is 46.9 Å². The fraction of sp³-hybridized carbons (Fsp3) is 0.278. The van der Waals surface area contributed by atoms with Crippen LogP contribution in [0.4, 0.5) is 0 Å². The van der Waals surface area contributed by atoms with Gasteiger partial charge in [0.05, 0.1) is 24.5 Å². The van der Waals surface area contributed by atoms with E-state index in [2.05, 4.69) is 15.5 Å². The number of para-hydroxylation sites is 1. The van der Waals surface area contributed by atoms with Crippen molar-refractivity contribution in [1.29, 1.82) is 0 Å². The first-order valence-corrected chi connectivity index (χ1v) is 9.95. The quantitative estimate of drug-likeness (QED) is 0.627. The van der Waals surface area contributed by atoms with Crippen LogP contribution in [0.25, 0.3) is 11.4 Å². The number of nitrogens with one attached hydrogen (secondary N) is 1. The Morgan fingerprint density at radius 1 is 1.31 bits per heavy atom. The average Bonchev–Trinajstić information content (AvgIpc) is 3.30. The Bertz CT molecular complexity index is 877. The highest BCUT2D eigenvalue weighted by molar-refractivity contribution is 7.99.